The fraction of sp³-hybridized carbons (Fsp3) is 0.417. The number of nitrogens with zero attached hydrogens (tertiary/aromatic N) is 2. The second-order valence-corrected chi connectivity index (χ2v) is 9.88. The summed E-state index contributed by atoms with van der Waals surface area (Å²) in [7, 11) is -2.62. The summed E-state index contributed by atoms with van der Waals surface area (Å²) < 4.78 is 49.1. The Hall–Kier alpha value is -1.98. The van der Waals surface area contributed by atoms with Gasteiger partial charge >= 0.3 is 29.6 Å². The van der Waals surface area contributed by atoms with Crippen LogP contribution in [0, 0.1) is 5.82 Å². The second-order valence-electron chi connectivity index (χ2n) is 8.29. The molecule has 1 fully saturated rings. The van der Waals surface area contributed by atoms with E-state index in [1.165, 1.54) is 23.5 Å². The Morgan fingerprint density at radius 2 is 1.83 bits per heavy atom. The number of para-hydroxylation sites is 1. The first-order valence-corrected chi connectivity index (χ1v) is 12.5. The van der Waals surface area contributed by atoms with Crippen LogP contribution in [-0.2, 0) is 20.4 Å². The molecule has 1 aliphatic rings. The second kappa shape index (κ2) is 12.8. The summed E-state index contributed by atoms with van der Waals surface area (Å²) in [5.41, 5.74) is 0.343. The minimum Gasteiger partial charge on any atom is -0.533 e. The zero-order valence-electron chi connectivity index (χ0n) is 20.3. The monoisotopic (exact) mass is 513 g/mol. The SMILES string of the molecule is CCCC(=O)[N-]S(=O)(=O)N1CCC(CNC(=O)c2ccccc2OC)(c2cccc(F)c2)CC1.[Na+]. The Labute approximate surface area is 228 Å². The van der Waals surface area contributed by atoms with Crippen LogP contribution in [0.15, 0.2) is 48.5 Å². The topological polar surface area (TPSA) is 107 Å². The van der Waals surface area contributed by atoms with Crippen molar-refractivity contribution in [2.24, 2.45) is 0 Å². The molecular weight excluding hydrogens is 484 g/mol. The van der Waals surface area contributed by atoms with E-state index >= 15 is 0 Å². The summed E-state index contributed by atoms with van der Waals surface area (Å²) in [6, 6.07) is 12.9. The van der Waals surface area contributed by atoms with Crippen LogP contribution in [0.1, 0.15) is 48.5 Å². The van der Waals surface area contributed by atoms with Crippen molar-refractivity contribution in [3.8, 4) is 5.75 Å². The van der Waals surface area contributed by atoms with Crippen molar-refractivity contribution >= 4 is 22.0 Å². The van der Waals surface area contributed by atoms with E-state index in [1.54, 1.807) is 43.3 Å². The molecule has 0 bridgehead atoms. The van der Waals surface area contributed by atoms with Gasteiger partial charge in [-0.2, -0.15) is 0 Å². The maximum absolute atomic E-state index is 14.1. The molecule has 0 radical (unpaired) electrons. The molecule has 1 saturated heterocycles. The number of carbonyl (C=O) groups is 2. The van der Waals surface area contributed by atoms with E-state index in [1.807, 2.05) is 0 Å². The first-order valence-electron chi connectivity index (χ1n) is 11.1. The van der Waals surface area contributed by atoms with Gasteiger partial charge in [-0.05, 0) is 49.1 Å². The molecule has 35 heavy (non-hydrogen) atoms. The predicted molar refractivity (Wildman–Crippen MR) is 126 cm³/mol. The van der Waals surface area contributed by atoms with Gasteiger partial charge in [0.25, 0.3) is 5.91 Å². The normalized spacial score (nSPS) is 15.5. The Bertz CT molecular complexity index is 1140. The van der Waals surface area contributed by atoms with Crippen molar-refractivity contribution in [3.63, 3.8) is 0 Å². The standard InChI is InChI=1S/C24H30FN3O5S.Na/c1-3-7-22(29)27-34(31,32)28-14-12-24(13-15-28,18-8-6-9-19(25)16-18)17-26-23(30)20-10-4-5-11-21(20)33-2;/h4-6,8-11,16H,3,7,12-15,17H2,1-2H3,(H2,26,27,29,30);/q;+1/p-1. The van der Waals surface area contributed by atoms with E-state index in [-0.39, 0.29) is 61.5 Å². The molecular formula is C24H29FN3NaO5S. The van der Waals surface area contributed by atoms with E-state index < -0.39 is 27.3 Å². The van der Waals surface area contributed by atoms with Crippen LogP contribution in [0.5, 0.6) is 5.75 Å². The fourth-order valence-electron chi connectivity index (χ4n) is 4.15. The summed E-state index contributed by atoms with van der Waals surface area (Å²) in [6.45, 7) is 2.12. The van der Waals surface area contributed by atoms with Gasteiger partial charge in [0.05, 0.1) is 18.6 Å². The Balaban J connectivity index is 0.00000432. The first kappa shape index (κ1) is 29.3. The van der Waals surface area contributed by atoms with Gasteiger partial charge in [0.2, 0.25) is 0 Å². The first-order chi connectivity index (χ1) is 16.2. The number of carbonyl (C=O) groups excluding carboxylic acids is 2. The van der Waals surface area contributed by atoms with Gasteiger partial charge in [-0.15, -0.1) is 0 Å². The molecule has 11 heteroatoms. The summed E-state index contributed by atoms with van der Waals surface area (Å²) in [6.07, 6.45) is 1.21. The van der Waals surface area contributed by atoms with Crippen molar-refractivity contribution in [1.82, 2.24) is 9.62 Å². The van der Waals surface area contributed by atoms with Crippen molar-refractivity contribution in [3.05, 3.63) is 70.2 Å². The molecule has 8 nitrogen and oxygen atoms in total. The molecule has 2 aromatic carbocycles. The quantitative estimate of drug-likeness (QED) is 0.493. The maximum Gasteiger partial charge on any atom is 1.00 e. The molecule has 184 valence electrons. The van der Waals surface area contributed by atoms with Gasteiger partial charge in [0, 0.05) is 25.0 Å². The molecule has 1 heterocycles. The molecule has 0 atom stereocenters. The fourth-order valence-corrected chi connectivity index (χ4v) is 5.26. The molecule has 0 saturated carbocycles. The van der Waals surface area contributed by atoms with Crippen LogP contribution in [0.3, 0.4) is 0 Å². The number of rotatable bonds is 9. The number of amides is 2. The molecule has 0 spiro atoms. The number of benzene rings is 2. The van der Waals surface area contributed by atoms with E-state index in [0.717, 1.165) is 0 Å². The summed E-state index contributed by atoms with van der Waals surface area (Å²) in [4.78, 5) is 24.7. The number of halogens is 1. The number of hydrogen-bond acceptors (Lipinski definition) is 5. The number of piperidine rings is 1. The number of ether oxygens (including phenoxy) is 1. The van der Waals surface area contributed by atoms with Crippen LogP contribution in [0.25, 0.3) is 4.72 Å². The third-order valence-corrected chi connectivity index (χ3v) is 7.51. The van der Waals surface area contributed by atoms with Gasteiger partial charge in [0.1, 0.15) is 11.6 Å². The zero-order valence-corrected chi connectivity index (χ0v) is 23.1. The maximum atomic E-state index is 14.1. The van der Waals surface area contributed by atoms with Crippen molar-refractivity contribution < 1.29 is 56.7 Å². The summed E-state index contributed by atoms with van der Waals surface area (Å²) >= 11 is 0. The minimum absolute atomic E-state index is 0. The molecule has 0 aromatic heterocycles. The number of methoxy groups -OCH3 is 1. The van der Waals surface area contributed by atoms with Gasteiger partial charge < -0.3 is 19.6 Å². The van der Waals surface area contributed by atoms with Gasteiger partial charge in [0.15, 0.2) is 10.2 Å². The summed E-state index contributed by atoms with van der Waals surface area (Å²) in [5, 5.41) is 2.92. The van der Waals surface area contributed by atoms with Crippen LogP contribution in [0.4, 0.5) is 4.39 Å². The van der Waals surface area contributed by atoms with Crippen LogP contribution in [0.2, 0.25) is 0 Å². The molecule has 2 amide bonds. The molecule has 3 rings (SSSR count). The van der Waals surface area contributed by atoms with Crippen molar-refractivity contribution in [1.29, 1.82) is 0 Å². The van der Waals surface area contributed by atoms with Gasteiger partial charge in [-0.1, -0.05) is 37.6 Å². The van der Waals surface area contributed by atoms with E-state index in [0.29, 0.717) is 36.1 Å². The Morgan fingerprint density at radius 1 is 1.14 bits per heavy atom. The zero-order chi connectivity index (χ0) is 24.8. The molecule has 2 aromatic rings. The van der Waals surface area contributed by atoms with Gasteiger partial charge in [-0.25, -0.2) is 17.1 Å². The summed E-state index contributed by atoms with van der Waals surface area (Å²) in [5.74, 6) is -1.00. The van der Waals surface area contributed by atoms with E-state index in [4.69, 9.17) is 4.74 Å². The molecule has 0 unspecified atom stereocenters. The largest absolute Gasteiger partial charge is 1.00 e. The number of nitrogens with one attached hydrogen (secondary N) is 1. The van der Waals surface area contributed by atoms with Gasteiger partial charge in [-0.3, -0.25) is 4.79 Å². The van der Waals surface area contributed by atoms with Crippen LogP contribution < -0.4 is 39.6 Å². The smallest absolute Gasteiger partial charge is 0.533 e. The third-order valence-electron chi connectivity index (χ3n) is 6.06. The third kappa shape index (κ3) is 7.27. The average molecular weight is 514 g/mol. The van der Waals surface area contributed by atoms with E-state index in [9.17, 15) is 22.4 Å². The average Bonchev–Trinajstić information content (AvgIpc) is 2.82. The van der Waals surface area contributed by atoms with Crippen molar-refractivity contribution in [2.75, 3.05) is 26.7 Å². The number of hydrogen-bond donors (Lipinski definition) is 1. The van der Waals surface area contributed by atoms with Crippen LogP contribution >= 0.6 is 0 Å². The molecule has 0 aliphatic carbocycles. The molecule has 1 aliphatic heterocycles. The molecule has 1 N–H and O–H groups in total. The minimum atomic E-state index is -4.10. The van der Waals surface area contributed by atoms with Crippen LogP contribution in [-0.4, -0.2) is 51.3 Å². The predicted octanol–water partition coefficient (Wildman–Crippen LogP) is 0.547. The van der Waals surface area contributed by atoms with Crippen molar-refractivity contribution in [2.45, 2.75) is 38.0 Å². The Morgan fingerprint density at radius 3 is 2.46 bits per heavy atom. The van der Waals surface area contributed by atoms with E-state index in [2.05, 4.69) is 10.0 Å². The Kier molecular flexibility index (Phi) is 10.7.